The molecule has 1 unspecified atom stereocenters. The maximum atomic E-state index is 12.8. The molecule has 2 amide bonds. The summed E-state index contributed by atoms with van der Waals surface area (Å²) < 4.78 is 16.9. The molecule has 4 rings (SSSR count). The molecule has 1 fully saturated rings. The highest BCUT2D eigenvalue weighted by Crippen LogP contribution is 2.32. The largest absolute Gasteiger partial charge is 0.454 e. The van der Waals surface area contributed by atoms with Crippen LogP contribution >= 0.6 is 0 Å². The summed E-state index contributed by atoms with van der Waals surface area (Å²) in [7, 11) is 0. The molecule has 11 heteroatoms. The van der Waals surface area contributed by atoms with Crippen LogP contribution in [0.2, 0.25) is 0 Å². The minimum absolute atomic E-state index is 0.0231. The van der Waals surface area contributed by atoms with Crippen molar-refractivity contribution in [2.45, 2.75) is 26.1 Å². The molecule has 0 bridgehead atoms. The third kappa shape index (κ3) is 4.46. The molecule has 0 aliphatic carbocycles. The van der Waals surface area contributed by atoms with Crippen LogP contribution in [-0.4, -0.2) is 69.8 Å². The lowest BCUT2D eigenvalue weighted by Crippen LogP contribution is -2.49. The molecule has 2 aliphatic rings. The van der Waals surface area contributed by atoms with Gasteiger partial charge in [0.05, 0.1) is 6.20 Å². The lowest BCUT2D eigenvalue weighted by Gasteiger charge is -2.35. The number of rotatable bonds is 6. The standard InChI is InChI=1S/C19H24N6O5/c1-13(25-10-15(21-22-25)11-28-19(20)27)18(26)24-6-4-23(5-7-24)9-14-2-3-16-17(8-14)30-12-29-16/h2-3,8,10,13H,4-7,9,11-12H2,1H3,(H2,20,27). The fourth-order valence-electron chi connectivity index (χ4n) is 3.52. The zero-order valence-corrected chi connectivity index (χ0v) is 16.7. The molecule has 2 aromatic rings. The molecule has 11 nitrogen and oxygen atoms in total. The number of piperazine rings is 1. The summed E-state index contributed by atoms with van der Waals surface area (Å²) in [5, 5.41) is 7.87. The van der Waals surface area contributed by atoms with Crippen molar-refractivity contribution in [1.29, 1.82) is 0 Å². The van der Waals surface area contributed by atoms with Gasteiger partial charge in [-0.1, -0.05) is 11.3 Å². The number of hydrogen-bond acceptors (Lipinski definition) is 8. The monoisotopic (exact) mass is 416 g/mol. The van der Waals surface area contributed by atoms with Gasteiger partial charge >= 0.3 is 6.09 Å². The van der Waals surface area contributed by atoms with Crippen LogP contribution in [0.5, 0.6) is 11.5 Å². The van der Waals surface area contributed by atoms with Gasteiger partial charge in [-0.3, -0.25) is 9.69 Å². The van der Waals surface area contributed by atoms with Crippen LogP contribution in [-0.2, 0) is 22.7 Å². The minimum Gasteiger partial charge on any atom is -0.454 e. The number of fused-ring (bicyclic) bond motifs is 1. The quantitative estimate of drug-likeness (QED) is 0.722. The molecule has 1 atom stereocenters. The molecule has 1 aromatic heterocycles. The summed E-state index contributed by atoms with van der Waals surface area (Å²) in [5.41, 5.74) is 6.53. The first kappa shape index (κ1) is 20.0. The Kier molecular flexibility index (Phi) is 5.70. The second kappa shape index (κ2) is 8.57. The number of hydrogen-bond donors (Lipinski definition) is 1. The van der Waals surface area contributed by atoms with E-state index in [0.717, 1.165) is 36.7 Å². The maximum absolute atomic E-state index is 12.8. The van der Waals surface area contributed by atoms with Crippen molar-refractivity contribution in [3.63, 3.8) is 0 Å². The van der Waals surface area contributed by atoms with E-state index in [0.29, 0.717) is 18.8 Å². The van der Waals surface area contributed by atoms with E-state index in [1.165, 1.54) is 4.68 Å². The van der Waals surface area contributed by atoms with Crippen LogP contribution in [0.1, 0.15) is 24.2 Å². The van der Waals surface area contributed by atoms with E-state index in [1.807, 2.05) is 23.1 Å². The Balaban J connectivity index is 1.28. The normalized spacial score (nSPS) is 17.0. The zero-order chi connectivity index (χ0) is 21.1. The average Bonchev–Trinajstić information content (AvgIpc) is 3.41. The van der Waals surface area contributed by atoms with Gasteiger partial charge in [0.15, 0.2) is 11.5 Å². The van der Waals surface area contributed by atoms with Crippen LogP contribution in [0.3, 0.4) is 0 Å². The van der Waals surface area contributed by atoms with E-state index < -0.39 is 12.1 Å². The molecule has 2 N–H and O–H groups in total. The van der Waals surface area contributed by atoms with Crippen molar-refractivity contribution in [3.05, 3.63) is 35.7 Å². The first-order chi connectivity index (χ1) is 14.5. The molecule has 0 spiro atoms. The highest BCUT2D eigenvalue weighted by molar-refractivity contribution is 5.80. The third-order valence-corrected chi connectivity index (χ3v) is 5.20. The molecular weight excluding hydrogens is 392 g/mol. The van der Waals surface area contributed by atoms with Crippen molar-refractivity contribution in [2.24, 2.45) is 5.73 Å². The molecule has 1 aromatic carbocycles. The van der Waals surface area contributed by atoms with Crippen LogP contribution in [0.25, 0.3) is 0 Å². The third-order valence-electron chi connectivity index (χ3n) is 5.20. The highest BCUT2D eigenvalue weighted by Gasteiger charge is 2.27. The Bertz CT molecular complexity index is 924. The summed E-state index contributed by atoms with van der Waals surface area (Å²) in [5.74, 6) is 1.54. The van der Waals surface area contributed by atoms with Gasteiger partial charge in [-0.05, 0) is 24.6 Å². The van der Waals surface area contributed by atoms with Gasteiger partial charge in [0.1, 0.15) is 18.3 Å². The van der Waals surface area contributed by atoms with E-state index >= 15 is 0 Å². The molecule has 1 saturated heterocycles. The maximum Gasteiger partial charge on any atom is 0.404 e. The van der Waals surface area contributed by atoms with E-state index in [-0.39, 0.29) is 19.3 Å². The number of amides is 2. The SMILES string of the molecule is CC(C(=O)N1CCN(Cc2ccc3c(c2)OCO3)CC1)n1cc(COC(N)=O)nn1. The van der Waals surface area contributed by atoms with Gasteiger partial charge in [0.25, 0.3) is 0 Å². The van der Waals surface area contributed by atoms with E-state index in [2.05, 4.69) is 15.2 Å². The number of carbonyl (C=O) groups excluding carboxylic acids is 2. The van der Waals surface area contributed by atoms with E-state index in [4.69, 9.17) is 19.9 Å². The molecule has 2 aliphatic heterocycles. The first-order valence-electron chi connectivity index (χ1n) is 9.72. The summed E-state index contributed by atoms with van der Waals surface area (Å²) in [6, 6.07) is 5.48. The average molecular weight is 416 g/mol. The Morgan fingerprint density at radius 2 is 1.97 bits per heavy atom. The predicted molar refractivity (Wildman–Crippen MR) is 104 cm³/mol. The highest BCUT2D eigenvalue weighted by atomic mass is 16.7. The van der Waals surface area contributed by atoms with Gasteiger partial charge in [0, 0.05) is 32.7 Å². The van der Waals surface area contributed by atoms with Crippen LogP contribution in [0.4, 0.5) is 4.79 Å². The number of benzene rings is 1. The second-order valence-electron chi connectivity index (χ2n) is 7.26. The Labute approximate surface area is 173 Å². The van der Waals surface area contributed by atoms with Gasteiger partial charge in [-0.25, -0.2) is 9.48 Å². The second-order valence-corrected chi connectivity index (χ2v) is 7.26. The van der Waals surface area contributed by atoms with Gasteiger partial charge in [-0.15, -0.1) is 5.10 Å². The summed E-state index contributed by atoms with van der Waals surface area (Å²) in [4.78, 5) is 27.7. The molecule has 0 saturated carbocycles. The summed E-state index contributed by atoms with van der Waals surface area (Å²) in [6.07, 6.45) is 0.703. The predicted octanol–water partition coefficient (Wildman–Crippen LogP) is 0.508. The topological polar surface area (TPSA) is 125 Å². The Hall–Kier alpha value is -3.34. The fraction of sp³-hybridized carbons (Fsp3) is 0.474. The van der Waals surface area contributed by atoms with Crippen LogP contribution in [0.15, 0.2) is 24.4 Å². The van der Waals surface area contributed by atoms with Crippen LogP contribution < -0.4 is 15.2 Å². The Morgan fingerprint density at radius 3 is 2.73 bits per heavy atom. The molecule has 0 radical (unpaired) electrons. The van der Waals surface area contributed by atoms with Crippen molar-refractivity contribution < 1.29 is 23.8 Å². The number of ether oxygens (including phenoxy) is 3. The summed E-state index contributed by atoms with van der Waals surface area (Å²) in [6.45, 7) is 5.59. The smallest absolute Gasteiger partial charge is 0.404 e. The zero-order valence-electron chi connectivity index (χ0n) is 16.7. The number of carbonyl (C=O) groups is 2. The first-order valence-corrected chi connectivity index (χ1v) is 9.72. The van der Waals surface area contributed by atoms with Crippen LogP contribution in [0, 0.1) is 0 Å². The number of aromatic nitrogens is 3. The number of nitrogens with two attached hydrogens (primary N) is 1. The lowest BCUT2D eigenvalue weighted by atomic mass is 10.1. The van der Waals surface area contributed by atoms with E-state index in [1.54, 1.807) is 13.1 Å². The number of nitrogens with zero attached hydrogens (tertiary/aromatic N) is 5. The van der Waals surface area contributed by atoms with Crippen molar-refractivity contribution in [2.75, 3.05) is 33.0 Å². The van der Waals surface area contributed by atoms with E-state index in [9.17, 15) is 9.59 Å². The lowest BCUT2D eigenvalue weighted by molar-refractivity contribution is -0.136. The van der Waals surface area contributed by atoms with Crippen molar-refractivity contribution in [1.82, 2.24) is 24.8 Å². The fourth-order valence-corrected chi connectivity index (χ4v) is 3.52. The van der Waals surface area contributed by atoms with Crippen molar-refractivity contribution in [3.8, 4) is 11.5 Å². The molecular formula is C19H24N6O5. The van der Waals surface area contributed by atoms with Crippen molar-refractivity contribution >= 4 is 12.0 Å². The Morgan fingerprint density at radius 1 is 1.20 bits per heavy atom. The summed E-state index contributed by atoms with van der Waals surface area (Å²) >= 11 is 0. The molecule has 30 heavy (non-hydrogen) atoms. The minimum atomic E-state index is -0.882. The van der Waals surface area contributed by atoms with Gasteiger partial charge < -0.3 is 24.8 Å². The molecule has 160 valence electrons. The number of primary amides is 1. The molecule has 3 heterocycles. The van der Waals surface area contributed by atoms with Gasteiger partial charge in [0.2, 0.25) is 12.7 Å². The van der Waals surface area contributed by atoms with Gasteiger partial charge in [-0.2, -0.15) is 0 Å².